The van der Waals surface area contributed by atoms with Crippen molar-refractivity contribution in [1.29, 1.82) is 0 Å². The molecule has 1 amide bonds. The molecule has 0 radical (unpaired) electrons. The Kier molecular flexibility index (Phi) is 3.82. The van der Waals surface area contributed by atoms with Crippen molar-refractivity contribution in [2.45, 2.75) is 18.6 Å². The van der Waals surface area contributed by atoms with Gasteiger partial charge in [-0.25, -0.2) is 4.39 Å². The minimum absolute atomic E-state index is 0.0695. The zero-order chi connectivity index (χ0) is 14.9. The number of halogens is 1. The van der Waals surface area contributed by atoms with Crippen LogP contribution in [0.25, 0.3) is 0 Å². The first-order valence-corrected chi connectivity index (χ1v) is 7.04. The first-order valence-electron chi connectivity index (χ1n) is 7.04. The van der Waals surface area contributed by atoms with Crippen molar-refractivity contribution in [2.75, 3.05) is 33.4 Å². The molecule has 5 nitrogen and oxygen atoms in total. The number of ether oxygens (including phenoxy) is 3. The molecule has 0 unspecified atom stereocenters. The number of methoxy groups -OCH3 is 1. The van der Waals surface area contributed by atoms with Gasteiger partial charge in [-0.15, -0.1) is 0 Å². The highest BCUT2D eigenvalue weighted by molar-refractivity contribution is 5.94. The lowest BCUT2D eigenvalue weighted by molar-refractivity contribution is -0.181. The van der Waals surface area contributed by atoms with Crippen LogP contribution < -0.4 is 4.74 Å². The maximum absolute atomic E-state index is 14.0. The average Bonchev–Trinajstić information content (AvgIpc) is 2.95. The summed E-state index contributed by atoms with van der Waals surface area (Å²) >= 11 is 0. The van der Waals surface area contributed by atoms with E-state index in [9.17, 15) is 9.18 Å². The molecular formula is C15H18FNO4. The van der Waals surface area contributed by atoms with Gasteiger partial charge in [0.1, 0.15) is 11.6 Å². The number of likely N-dealkylation sites (tertiary alicyclic amines) is 1. The number of carbonyl (C=O) groups excluding carboxylic acids is 1. The lowest BCUT2D eigenvalue weighted by Gasteiger charge is -2.37. The quantitative estimate of drug-likeness (QED) is 0.835. The molecule has 3 rings (SSSR count). The van der Waals surface area contributed by atoms with E-state index in [2.05, 4.69) is 0 Å². The second-order valence-corrected chi connectivity index (χ2v) is 5.25. The molecule has 0 atom stereocenters. The highest BCUT2D eigenvalue weighted by Crippen LogP contribution is 2.32. The zero-order valence-corrected chi connectivity index (χ0v) is 11.9. The van der Waals surface area contributed by atoms with Crippen LogP contribution in [0.1, 0.15) is 23.2 Å². The fourth-order valence-corrected chi connectivity index (χ4v) is 2.80. The topological polar surface area (TPSA) is 48.0 Å². The third-order valence-electron chi connectivity index (χ3n) is 4.03. The summed E-state index contributed by atoms with van der Waals surface area (Å²) < 4.78 is 30.1. The lowest BCUT2D eigenvalue weighted by Crippen LogP contribution is -2.47. The van der Waals surface area contributed by atoms with Crippen LogP contribution in [-0.4, -0.2) is 50.0 Å². The maximum Gasteiger partial charge on any atom is 0.256 e. The predicted octanol–water partition coefficient (Wildman–Crippen LogP) is 1.81. The fraction of sp³-hybridized carbons (Fsp3) is 0.533. The Morgan fingerprint density at radius 3 is 2.52 bits per heavy atom. The van der Waals surface area contributed by atoms with Gasteiger partial charge in [-0.2, -0.15) is 0 Å². The van der Waals surface area contributed by atoms with Crippen molar-refractivity contribution in [2.24, 2.45) is 0 Å². The van der Waals surface area contributed by atoms with Gasteiger partial charge in [0.05, 0.1) is 25.9 Å². The second kappa shape index (κ2) is 5.61. The Labute approximate surface area is 122 Å². The summed E-state index contributed by atoms with van der Waals surface area (Å²) in [4.78, 5) is 14.0. The van der Waals surface area contributed by atoms with Gasteiger partial charge in [-0.1, -0.05) is 0 Å². The number of rotatable bonds is 2. The normalized spacial score (nSPS) is 20.8. The van der Waals surface area contributed by atoms with Crippen molar-refractivity contribution in [3.8, 4) is 5.75 Å². The van der Waals surface area contributed by atoms with Gasteiger partial charge in [-0.05, 0) is 12.1 Å². The molecule has 0 aliphatic carbocycles. The SMILES string of the molecule is COc1ccc(C(=O)N2CCC3(CC2)OCCO3)c(F)c1. The lowest BCUT2D eigenvalue weighted by atomic mass is 10.0. The van der Waals surface area contributed by atoms with Crippen LogP contribution in [-0.2, 0) is 9.47 Å². The van der Waals surface area contributed by atoms with E-state index in [1.54, 1.807) is 11.0 Å². The molecule has 1 aromatic carbocycles. The largest absolute Gasteiger partial charge is 0.497 e. The van der Waals surface area contributed by atoms with Gasteiger partial charge >= 0.3 is 0 Å². The number of carbonyl (C=O) groups is 1. The molecule has 2 heterocycles. The van der Waals surface area contributed by atoms with Crippen molar-refractivity contribution >= 4 is 5.91 Å². The Bertz CT molecular complexity index is 532. The van der Waals surface area contributed by atoms with Gasteiger partial charge < -0.3 is 19.1 Å². The monoisotopic (exact) mass is 295 g/mol. The van der Waals surface area contributed by atoms with Crippen LogP contribution >= 0.6 is 0 Å². The standard InChI is InChI=1S/C15H18FNO4/c1-19-11-2-3-12(13(16)10-11)14(18)17-6-4-15(5-7-17)20-8-9-21-15/h2-3,10H,4-9H2,1H3. The van der Waals surface area contributed by atoms with Gasteiger partial charge in [0.2, 0.25) is 0 Å². The summed E-state index contributed by atoms with van der Waals surface area (Å²) in [5.41, 5.74) is 0.0695. The summed E-state index contributed by atoms with van der Waals surface area (Å²) in [5, 5.41) is 0. The van der Waals surface area contributed by atoms with Crippen molar-refractivity contribution in [3.05, 3.63) is 29.6 Å². The number of benzene rings is 1. The summed E-state index contributed by atoms with van der Waals surface area (Å²) in [5.74, 6) is -1.000. The van der Waals surface area contributed by atoms with E-state index in [0.29, 0.717) is 44.9 Å². The Hall–Kier alpha value is -1.66. The van der Waals surface area contributed by atoms with Gasteiger partial charge in [0.15, 0.2) is 5.79 Å². The van der Waals surface area contributed by atoms with E-state index < -0.39 is 11.6 Å². The molecular weight excluding hydrogens is 277 g/mol. The number of amides is 1. The van der Waals surface area contributed by atoms with E-state index in [-0.39, 0.29) is 11.5 Å². The van der Waals surface area contributed by atoms with Crippen molar-refractivity contribution in [1.82, 2.24) is 4.90 Å². The molecule has 2 saturated heterocycles. The minimum atomic E-state index is -0.562. The van der Waals surface area contributed by atoms with Crippen LogP contribution in [0.3, 0.4) is 0 Å². The molecule has 1 spiro atoms. The van der Waals surface area contributed by atoms with Crippen LogP contribution in [0, 0.1) is 5.82 Å². The van der Waals surface area contributed by atoms with Gasteiger partial charge in [0.25, 0.3) is 5.91 Å². The maximum atomic E-state index is 14.0. The van der Waals surface area contributed by atoms with Crippen LogP contribution in [0.15, 0.2) is 18.2 Å². The molecule has 2 fully saturated rings. The van der Waals surface area contributed by atoms with E-state index >= 15 is 0 Å². The molecule has 21 heavy (non-hydrogen) atoms. The molecule has 2 aliphatic heterocycles. The molecule has 0 aromatic heterocycles. The van der Waals surface area contributed by atoms with Gasteiger partial charge in [-0.3, -0.25) is 4.79 Å². The molecule has 0 N–H and O–H groups in total. The molecule has 2 aliphatic rings. The van der Waals surface area contributed by atoms with E-state index in [1.165, 1.54) is 19.2 Å². The predicted molar refractivity (Wildman–Crippen MR) is 72.7 cm³/mol. The molecule has 114 valence electrons. The van der Waals surface area contributed by atoms with E-state index in [4.69, 9.17) is 14.2 Å². The van der Waals surface area contributed by atoms with Crippen LogP contribution in [0.4, 0.5) is 4.39 Å². The molecule has 6 heteroatoms. The summed E-state index contributed by atoms with van der Waals surface area (Å²) in [6.45, 7) is 2.21. The highest BCUT2D eigenvalue weighted by atomic mass is 19.1. The highest BCUT2D eigenvalue weighted by Gasteiger charge is 2.41. The van der Waals surface area contributed by atoms with E-state index in [1.807, 2.05) is 0 Å². The molecule has 0 bridgehead atoms. The first-order chi connectivity index (χ1) is 10.1. The van der Waals surface area contributed by atoms with Crippen LogP contribution in [0.5, 0.6) is 5.75 Å². The summed E-state index contributed by atoms with van der Waals surface area (Å²) in [6, 6.07) is 4.27. The third kappa shape index (κ3) is 2.73. The Morgan fingerprint density at radius 2 is 1.95 bits per heavy atom. The van der Waals surface area contributed by atoms with Crippen molar-refractivity contribution < 1.29 is 23.4 Å². The minimum Gasteiger partial charge on any atom is -0.497 e. The summed E-state index contributed by atoms with van der Waals surface area (Å²) in [6.07, 6.45) is 1.24. The Balaban J connectivity index is 1.69. The van der Waals surface area contributed by atoms with E-state index in [0.717, 1.165) is 0 Å². The Morgan fingerprint density at radius 1 is 1.29 bits per heavy atom. The molecule has 1 aromatic rings. The van der Waals surface area contributed by atoms with Crippen molar-refractivity contribution in [3.63, 3.8) is 0 Å². The number of nitrogens with zero attached hydrogens (tertiary/aromatic N) is 1. The van der Waals surface area contributed by atoms with Gasteiger partial charge in [0, 0.05) is 32.0 Å². The zero-order valence-electron chi connectivity index (χ0n) is 11.9. The summed E-state index contributed by atoms with van der Waals surface area (Å²) in [7, 11) is 1.46. The number of hydrogen-bond acceptors (Lipinski definition) is 4. The third-order valence-corrected chi connectivity index (χ3v) is 4.03. The second-order valence-electron chi connectivity index (χ2n) is 5.25. The number of piperidine rings is 1. The first kappa shape index (κ1) is 14.3. The molecule has 0 saturated carbocycles. The van der Waals surface area contributed by atoms with Crippen LogP contribution in [0.2, 0.25) is 0 Å². The number of hydrogen-bond donors (Lipinski definition) is 0. The smallest absolute Gasteiger partial charge is 0.256 e. The fourth-order valence-electron chi connectivity index (χ4n) is 2.80. The average molecular weight is 295 g/mol.